The summed E-state index contributed by atoms with van der Waals surface area (Å²) in [5.74, 6) is 0.796. The van der Waals surface area contributed by atoms with E-state index in [-0.39, 0.29) is 0 Å². The Bertz CT molecular complexity index is 326. The van der Waals surface area contributed by atoms with Crippen LogP contribution < -0.4 is 5.73 Å². The standard InChI is InChI=1S/C15H23N/c1-12-5-4-6-13(11-12)9-10-15(16)14-7-2-3-8-14/h4-6,11,14-15H,2-3,7-10,16H2,1H3. The molecule has 88 valence electrons. The zero-order chi connectivity index (χ0) is 11.4. The highest BCUT2D eigenvalue weighted by Gasteiger charge is 2.21. The summed E-state index contributed by atoms with van der Waals surface area (Å²) in [5.41, 5.74) is 9.06. The Hall–Kier alpha value is -0.820. The molecule has 1 aromatic rings. The van der Waals surface area contributed by atoms with Crippen molar-refractivity contribution < 1.29 is 0 Å². The molecule has 1 aromatic carbocycles. The first-order valence-electron chi connectivity index (χ1n) is 6.57. The molecule has 1 heteroatoms. The minimum absolute atomic E-state index is 0.419. The quantitative estimate of drug-likeness (QED) is 0.821. The van der Waals surface area contributed by atoms with Crippen LogP contribution in [0.1, 0.15) is 43.2 Å². The lowest BCUT2D eigenvalue weighted by Gasteiger charge is -2.18. The topological polar surface area (TPSA) is 26.0 Å². The van der Waals surface area contributed by atoms with Crippen LogP contribution in [0.3, 0.4) is 0 Å². The van der Waals surface area contributed by atoms with Crippen LogP contribution in [0.2, 0.25) is 0 Å². The maximum absolute atomic E-state index is 6.26. The maximum atomic E-state index is 6.26. The van der Waals surface area contributed by atoms with Crippen molar-refractivity contribution in [2.45, 2.75) is 51.5 Å². The molecule has 16 heavy (non-hydrogen) atoms. The summed E-state index contributed by atoms with van der Waals surface area (Å²) in [7, 11) is 0. The number of aryl methyl sites for hydroxylation is 2. The lowest BCUT2D eigenvalue weighted by molar-refractivity contribution is 0.410. The Morgan fingerprint density at radius 3 is 2.75 bits per heavy atom. The predicted molar refractivity (Wildman–Crippen MR) is 69.4 cm³/mol. The van der Waals surface area contributed by atoms with Crippen molar-refractivity contribution in [3.8, 4) is 0 Å². The zero-order valence-electron chi connectivity index (χ0n) is 10.3. The molecule has 1 aliphatic carbocycles. The summed E-state index contributed by atoms with van der Waals surface area (Å²) in [4.78, 5) is 0. The number of rotatable bonds is 4. The Morgan fingerprint density at radius 1 is 1.31 bits per heavy atom. The van der Waals surface area contributed by atoms with Gasteiger partial charge in [0.2, 0.25) is 0 Å². The van der Waals surface area contributed by atoms with Crippen molar-refractivity contribution in [3.05, 3.63) is 35.4 Å². The SMILES string of the molecule is Cc1cccc(CCC(N)C2CCCC2)c1. The van der Waals surface area contributed by atoms with Gasteiger partial charge in [-0.15, -0.1) is 0 Å². The molecule has 0 heterocycles. The van der Waals surface area contributed by atoms with Crippen LogP contribution in [-0.4, -0.2) is 6.04 Å². The number of nitrogens with two attached hydrogens (primary N) is 1. The van der Waals surface area contributed by atoms with Gasteiger partial charge in [-0.2, -0.15) is 0 Å². The van der Waals surface area contributed by atoms with E-state index in [0.717, 1.165) is 18.8 Å². The molecule has 0 amide bonds. The zero-order valence-corrected chi connectivity index (χ0v) is 10.3. The van der Waals surface area contributed by atoms with E-state index in [9.17, 15) is 0 Å². The lowest BCUT2D eigenvalue weighted by Crippen LogP contribution is -2.28. The van der Waals surface area contributed by atoms with Crippen molar-refractivity contribution in [1.29, 1.82) is 0 Å². The Balaban J connectivity index is 1.82. The van der Waals surface area contributed by atoms with Gasteiger partial charge >= 0.3 is 0 Å². The molecule has 2 rings (SSSR count). The largest absolute Gasteiger partial charge is 0.327 e. The van der Waals surface area contributed by atoms with Gasteiger partial charge in [0.1, 0.15) is 0 Å². The number of hydrogen-bond acceptors (Lipinski definition) is 1. The van der Waals surface area contributed by atoms with Crippen LogP contribution >= 0.6 is 0 Å². The van der Waals surface area contributed by atoms with E-state index in [2.05, 4.69) is 31.2 Å². The first-order chi connectivity index (χ1) is 7.75. The Morgan fingerprint density at radius 2 is 2.06 bits per heavy atom. The van der Waals surface area contributed by atoms with Crippen molar-refractivity contribution in [2.24, 2.45) is 11.7 Å². The highest BCUT2D eigenvalue weighted by Crippen LogP contribution is 2.28. The third-order valence-electron chi connectivity index (χ3n) is 3.85. The molecule has 0 aliphatic heterocycles. The summed E-state index contributed by atoms with van der Waals surface area (Å²) in [6, 6.07) is 9.21. The average molecular weight is 217 g/mol. The molecule has 1 saturated carbocycles. The summed E-state index contributed by atoms with van der Waals surface area (Å²) in [6.07, 6.45) is 7.78. The van der Waals surface area contributed by atoms with Crippen LogP contribution in [0.25, 0.3) is 0 Å². The second kappa shape index (κ2) is 5.49. The molecule has 2 N–H and O–H groups in total. The molecule has 1 unspecified atom stereocenters. The van der Waals surface area contributed by atoms with E-state index in [4.69, 9.17) is 5.73 Å². The Labute approximate surface area is 99.0 Å². The van der Waals surface area contributed by atoms with Crippen molar-refractivity contribution >= 4 is 0 Å². The fraction of sp³-hybridized carbons (Fsp3) is 0.600. The monoisotopic (exact) mass is 217 g/mol. The second-order valence-corrected chi connectivity index (χ2v) is 5.24. The number of hydrogen-bond donors (Lipinski definition) is 1. The number of benzene rings is 1. The summed E-state index contributed by atoms with van der Waals surface area (Å²) in [5, 5.41) is 0. The molecule has 0 aromatic heterocycles. The minimum atomic E-state index is 0.419. The molecular formula is C15H23N. The summed E-state index contributed by atoms with van der Waals surface area (Å²) in [6.45, 7) is 2.15. The highest BCUT2D eigenvalue weighted by molar-refractivity contribution is 5.22. The van der Waals surface area contributed by atoms with Gasteiger partial charge in [-0.1, -0.05) is 42.7 Å². The van der Waals surface area contributed by atoms with Crippen LogP contribution in [-0.2, 0) is 6.42 Å². The van der Waals surface area contributed by atoms with Gasteiger partial charge in [0.15, 0.2) is 0 Å². The summed E-state index contributed by atoms with van der Waals surface area (Å²) >= 11 is 0. The first kappa shape index (κ1) is 11.7. The molecule has 1 nitrogen and oxygen atoms in total. The van der Waals surface area contributed by atoms with Crippen molar-refractivity contribution in [2.75, 3.05) is 0 Å². The van der Waals surface area contributed by atoms with Crippen molar-refractivity contribution in [1.82, 2.24) is 0 Å². The van der Waals surface area contributed by atoms with Gasteiger partial charge in [0.05, 0.1) is 0 Å². The Kier molecular flexibility index (Phi) is 4.00. The molecule has 1 aliphatic rings. The lowest BCUT2D eigenvalue weighted by atomic mass is 9.93. The van der Waals surface area contributed by atoms with E-state index >= 15 is 0 Å². The van der Waals surface area contributed by atoms with Gasteiger partial charge < -0.3 is 5.73 Å². The second-order valence-electron chi connectivity index (χ2n) is 5.24. The predicted octanol–water partition coefficient (Wildman–Crippen LogP) is 3.45. The van der Waals surface area contributed by atoms with Crippen LogP contribution in [0.4, 0.5) is 0 Å². The third kappa shape index (κ3) is 3.08. The molecule has 0 spiro atoms. The van der Waals surface area contributed by atoms with Gasteiger partial charge in [0, 0.05) is 6.04 Å². The molecular weight excluding hydrogens is 194 g/mol. The third-order valence-corrected chi connectivity index (χ3v) is 3.85. The van der Waals surface area contributed by atoms with Gasteiger partial charge in [-0.25, -0.2) is 0 Å². The minimum Gasteiger partial charge on any atom is -0.327 e. The molecule has 1 atom stereocenters. The molecule has 0 saturated heterocycles. The molecule has 0 radical (unpaired) electrons. The van der Waals surface area contributed by atoms with Gasteiger partial charge in [0.25, 0.3) is 0 Å². The smallest absolute Gasteiger partial charge is 0.00703 e. The normalized spacial score (nSPS) is 18.9. The van der Waals surface area contributed by atoms with Crippen LogP contribution in [0.15, 0.2) is 24.3 Å². The van der Waals surface area contributed by atoms with E-state index < -0.39 is 0 Å². The van der Waals surface area contributed by atoms with E-state index in [1.54, 1.807) is 0 Å². The van der Waals surface area contributed by atoms with Crippen LogP contribution in [0, 0.1) is 12.8 Å². The average Bonchev–Trinajstić information content (AvgIpc) is 2.79. The fourth-order valence-corrected chi connectivity index (χ4v) is 2.82. The van der Waals surface area contributed by atoms with Gasteiger partial charge in [-0.05, 0) is 44.1 Å². The molecule has 1 fully saturated rings. The maximum Gasteiger partial charge on any atom is 0.00703 e. The molecule has 0 bridgehead atoms. The highest BCUT2D eigenvalue weighted by atomic mass is 14.6. The fourth-order valence-electron chi connectivity index (χ4n) is 2.82. The van der Waals surface area contributed by atoms with E-state index in [0.29, 0.717) is 6.04 Å². The first-order valence-corrected chi connectivity index (χ1v) is 6.57. The summed E-state index contributed by atoms with van der Waals surface area (Å²) < 4.78 is 0. The van der Waals surface area contributed by atoms with E-state index in [1.165, 1.54) is 36.8 Å². The van der Waals surface area contributed by atoms with Gasteiger partial charge in [-0.3, -0.25) is 0 Å². The van der Waals surface area contributed by atoms with Crippen LogP contribution in [0.5, 0.6) is 0 Å². The van der Waals surface area contributed by atoms with E-state index in [1.807, 2.05) is 0 Å². The van der Waals surface area contributed by atoms with Crippen molar-refractivity contribution in [3.63, 3.8) is 0 Å².